The van der Waals surface area contributed by atoms with Gasteiger partial charge in [0.1, 0.15) is 12.8 Å². The van der Waals surface area contributed by atoms with Crippen LogP contribution in [0.2, 0.25) is 0 Å². The van der Waals surface area contributed by atoms with Crippen molar-refractivity contribution in [3.8, 4) is 11.5 Å². The number of carbonyl (C=O) groups is 2. The fourth-order valence-electron chi connectivity index (χ4n) is 3.92. The summed E-state index contributed by atoms with van der Waals surface area (Å²) in [4.78, 5) is 26.2. The zero-order chi connectivity index (χ0) is 26.2. The van der Waals surface area contributed by atoms with Crippen molar-refractivity contribution in [3.05, 3.63) is 130 Å². The van der Waals surface area contributed by atoms with Crippen LogP contribution in [-0.2, 0) is 6.61 Å². The Labute approximate surface area is 217 Å². The van der Waals surface area contributed by atoms with Crippen LogP contribution in [0.1, 0.15) is 49.1 Å². The van der Waals surface area contributed by atoms with Crippen LogP contribution in [0.15, 0.2) is 97.1 Å². The number of carbonyl (C=O) groups excluding carboxylic acids is 2. The number of hydrogen-bond donors (Lipinski definition) is 2. The molecule has 188 valence electrons. The van der Waals surface area contributed by atoms with E-state index in [-0.39, 0.29) is 11.8 Å². The summed E-state index contributed by atoms with van der Waals surface area (Å²) >= 11 is 0. The van der Waals surface area contributed by atoms with Crippen LogP contribution in [0.5, 0.6) is 11.5 Å². The maximum atomic E-state index is 13.1. The lowest BCUT2D eigenvalue weighted by molar-refractivity contribution is 0.0883. The molecule has 0 atom stereocenters. The number of amides is 2. The van der Waals surface area contributed by atoms with Crippen molar-refractivity contribution in [1.82, 2.24) is 10.6 Å². The van der Waals surface area contributed by atoms with Crippen molar-refractivity contribution >= 4 is 11.8 Å². The Morgan fingerprint density at radius 1 is 0.703 bits per heavy atom. The number of hydrogen-bond acceptors (Lipinski definition) is 4. The molecule has 0 saturated heterocycles. The van der Waals surface area contributed by atoms with E-state index >= 15 is 0 Å². The van der Waals surface area contributed by atoms with Crippen molar-refractivity contribution in [2.24, 2.45) is 0 Å². The molecule has 0 saturated carbocycles. The summed E-state index contributed by atoms with van der Waals surface area (Å²) in [5.74, 6) is 0.445. The molecule has 0 heterocycles. The molecule has 6 heteroatoms. The molecule has 0 unspecified atom stereocenters. The van der Waals surface area contributed by atoms with Gasteiger partial charge in [0.25, 0.3) is 11.8 Å². The lowest BCUT2D eigenvalue weighted by Gasteiger charge is -2.22. The molecule has 0 bridgehead atoms. The number of ether oxygens (including phenoxy) is 2. The summed E-state index contributed by atoms with van der Waals surface area (Å²) < 4.78 is 11.6. The number of rotatable bonds is 9. The van der Waals surface area contributed by atoms with Gasteiger partial charge in [-0.1, -0.05) is 71.8 Å². The van der Waals surface area contributed by atoms with Gasteiger partial charge in [0.15, 0.2) is 11.5 Å². The van der Waals surface area contributed by atoms with Crippen LogP contribution in [0.4, 0.5) is 0 Å². The molecule has 0 spiro atoms. The highest BCUT2D eigenvalue weighted by atomic mass is 16.5. The van der Waals surface area contributed by atoms with E-state index in [0.717, 1.165) is 16.7 Å². The molecule has 0 radical (unpaired) electrons. The van der Waals surface area contributed by atoms with Gasteiger partial charge in [0, 0.05) is 11.1 Å². The maximum Gasteiger partial charge on any atom is 0.253 e. The Bertz CT molecular complexity index is 1330. The van der Waals surface area contributed by atoms with E-state index in [2.05, 4.69) is 10.6 Å². The van der Waals surface area contributed by atoms with Gasteiger partial charge >= 0.3 is 0 Å². The van der Waals surface area contributed by atoms with Crippen molar-refractivity contribution in [2.45, 2.75) is 26.6 Å². The highest BCUT2D eigenvalue weighted by Crippen LogP contribution is 2.31. The molecule has 2 amide bonds. The predicted molar refractivity (Wildman–Crippen MR) is 144 cm³/mol. The smallest absolute Gasteiger partial charge is 0.253 e. The normalized spacial score (nSPS) is 10.6. The molecule has 2 N–H and O–H groups in total. The molecule has 0 aliphatic heterocycles. The second-order valence-electron chi connectivity index (χ2n) is 8.80. The number of nitrogens with one attached hydrogen (secondary N) is 2. The molecular formula is C31H30N2O4. The molecular weight excluding hydrogens is 464 g/mol. The third-order valence-electron chi connectivity index (χ3n) is 5.87. The molecule has 6 nitrogen and oxygen atoms in total. The number of aryl methyl sites for hydroxylation is 2. The van der Waals surface area contributed by atoms with Crippen molar-refractivity contribution < 1.29 is 19.1 Å². The fraction of sp³-hybridized carbons (Fsp3) is 0.161. The van der Waals surface area contributed by atoms with Crippen LogP contribution in [0.3, 0.4) is 0 Å². The van der Waals surface area contributed by atoms with E-state index in [9.17, 15) is 9.59 Å². The minimum Gasteiger partial charge on any atom is -0.493 e. The van der Waals surface area contributed by atoms with E-state index < -0.39 is 6.17 Å². The first-order chi connectivity index (χ1) is 17.9. The quantitative estimate of drug-likeness (QED) is 0.291. The first-order valence-corrected chi connectivity index (χ1v) is 12.0. The predicted octanol–water partition coefficient (Wildman–Crippen LogP) is 5.75. The Hall–Kier alpha value is -4.58. The number of benzene rings is 4. The highest BCUT2D eigenvalue weighted by Gasteiger charge is 2.21. The monoisotopic (exact) mass is 494 g/mol. The van der Waals surface area contributed by atoms with Crippen LogP contribution < -0.4 is 20.1 Å². The van der Waals surface area contributed by atoms with Gasteiger partial charge in [-0.25, -0.2) is 0 Å². The first-order valence-electron chi connectivity index (χ1n) is 12.0. The summed E-state index contributed by atoms with van der Waals surface area (Å²) in [6.07, 6.45) is -0.807. The molecule has 4 aromatic carbocycles. The average Bonchev–Trinajstić information content (AvgIpc) is 2.92. The summed E-state index contributed by atoms with van der Waals surface area (Å²) in [7, 11) is 1.56. The lowest BCUT2D eigenvalue weighted by Crippen LogP contribution is -2.41. The Kier molecular flexibility index (Phi) is 8.21. The van der Waals surface area contributed by atoms with Gasteiger partial charge in [0.05, 0.1) is 7.11 Å². The Balaban J connectivity index is 1.60. The van der Waals surface area contributed by atoms with Crippen LogP contribution in [-0.4, -0.2) is 18.9 Å². The van der Waals surface area contributed by atoms with Crippen LogP contribution in [0, 0.1) is 13.8 Å². The third kappa shape index (κ3) is 6.76. The summed E-state index contributed by atoms with van der Waals surface area (Å²) in [5.41, 5.74) is 4.62. The zero-order valence-electron chi connectivity index (χ0n) is 21.2. The molecule has 0 fully saturated rings. The zero-order valence-corrected chi connectivity index (χ0v) is 21.2. The average molecular weight is 495 g/mol. The highest BCUT2D eigenvalue weighted by molar-refractivity contribution is 5.97. The van der Waals surface area contributed by atoms with Crippen LogP contribution in [0.25, 0.3) is 0 Å². The number of methoxy groups -OCH3 is 1. The van der Waals surface area contributed by atoms with Crippen molar-refractivity contribution in [2.75, 3.05) is 7.11 Å². The van der Waals surface area contributed by atoms with Gasteiger partial charge in [0.2, 0.25) is 0 Å². The van der Waals surface area contributed by atoms with Crippen LogP contribution >= 0.6 is 0 Å². The second kappa shape index (κ2) is 11.9. The molecule has 0 aromatic heterocycles. The maximum absolute atomic E-state index is 13.1. The van der Waals surface area contributed by atoms with E-state index in [1.165, 1.54) is 0 Å². The van der Waals surface area contributed by atoms with Gasteiger partial charge in [-0.2, -0.15) is 0 Å². The summed E-state index contributed by atoms with van der Waals surface area (Å²) in [6.45, 7) is 4.23. The minimum atomic E-state index is -0.807. The fourth-order valence-corrected chi connectivity index (χ4v) is 3.92. The topological polar surface area (TPSA) is 76.7 Å². The summed E-state index contributed by atoms with van der Waals surface area (Å²) in [6, 6.07) is 29.8. The molecule has 37 heavy (non-hydrogen) atoms. The van der Waals surface area contributed by atoms with E-state index in [4.69, 9.17) is 9.47 Å². The van der Waals surface area contributed by atoms with E-state index in [0.29, 0.717) is 34.8 Å². The first kappa shape index (κ1) is 25.5. The summed E-state index contributed by atoms with van der Waals surface area (Å²) in [5, 5.41) is 5.91. The van der Waals surface area contributed by atoms with Gasteiger partial charge in [-0.15, -0.1) is 0 Å². The standard InChI is InChI=1S/C31H30N2O4/c1-21-9-7-13-25(17-21)30(34)32-29(33-31(35)26-14-8-10-22(2)18-26)24-15-16-27(28(19-24)36-3)37-20-23-11-5-4-6-12-23/h4-19,29H,20H2,1-3H3,(H,32,34)(H,33,35). The minimum absolute atomic E-state index is 0.304. The molecule has 0 aliphatic carbocycles. The van der Waals surface area contributed by atoms with Crippen molar-refractivity contribution in [1.29, 1.82) is 0 Å². The SMILES string of the molecule is COc1cc(C(NC(=O)c2cccc(C)c2)NC(=O)c2cccc(C)c2)ccc1OCc1ccccc1. The van der Waals surface area contributed by atoms with Crippen molar-refractivity contribution in [3.63, 3.8) is 0 Å². The molecule has 4 aromatic rings. The largest absolute Gasteiger partial charge is 0.493 e. The molecule has 0 aliphatic rings. The van der Waals surface area contributed by atoms with Gasteiger partial charge in [-0.05, 0) is 61.4 Å². The third-order valence-corrected chi connectivity index (χ3v) is 5.87. The van der Waals surface area contributed by atoms with E-state index in [1.54, 1.807) is 49.6 Å². The van der Waals surface area contributed by atoms with Gasteiger partial charge < -0.3 is 20.1 Å². The Morgan fingerprint density at radius 2 is 1.30 bits per heavy atom. The Morgan fingerprint density at radius 3 is 1.84 bits per heavy atom. The molecule has 4 rings (SSSR count). The second-order valence-corrected chi connectivity index (χ2v) is 8.80. The van der Waals surface area contributed by atoms with E-state index in [1.807, 2.05) is 68.4 Å². The van der Waals surface area contributed by atoms with Gasteiger partial charge in [-0.3, -0.25) is 9.59 Å². The lowest BCUT2D eigenvalue weighted by atomic mass is 10.1.